The van der Waals surface area contributed by atoms with Crippen molar-refractivity contribution >= 4 is 17.7 Å². The molecule has 0 spiro atoms. The van der Waals surface area contributed by atoms with Crippen LogP contribution in [0.1, 0.15) is 17.0 Å². The number of amides is 1. The Morgan fingerprint density at radius 3 is 2.10 bits per heavy atom. The van der Waals surface area contributed by atoms with Crippen molar-refractivity contribution in [3.63, 3.8) is 0 Å². The molecule has 0 aliphatic carbocycles. The lowest BCUT2D eigenvalue weighted by atomic mass is 10.1. The minimum absolute atomic E-state index is 0.0285. The summed E-state index contributed by atoms with van der Waals surface area (Å²) in [7, 11) is 3.21. The lowest BCUT2D eigenvalue weighted by molar-refractivity contribution is -0.112. The second-order valence-corrected chi connectivity index (χ2v) is 6.71. The van der Waals surface area contributed by atoms with Gasteiger partial charge < -0.3 is 19.4 Å². The van der Waals surface area contributed by atoms with Crippen LogP contribution in [-0.4, -0.2) is 24.7 Å². The second-order valence-electron chi connectivity index (χ2n) is 6.71. The molecule has 0 aliphatic rings. The first kappa shape index (κ1) is 20.7. The van der Waals surface area contributed by atoms with Crippen LogP contribution in [0.2, 0.25) is 0 Å². The lowest BCUT2D eigenvalue weighted by Gasteiger charge is -2.10. The molecule has 0 atom stereocenters. The van der Waals surface area contributed by atoms with E-state index in [0.29, 0.717) is 11.4 Å². The Morgan fingerprint density at radius 1 is 1.00 bits per heavy atom. The molecule has 152 valence electrons. The van der Waals surface area contributed by atoms with Crippen LogP contribution < -0.4 is 14.8 Å². The summed E-state index contributed by atoms with van der Waals surface area (Å²) in [6.45, 7) is 3.94. The van der Waals surface area contributed by atoms with E-state index in [1.54, 1.807) is 44.6 Å². The average molecular weight is 401 g/mol. The maximum Gasteiger partial charge on any atom is 0.266 e. The van der Waals surface area contributed by atoms with E-state index in [1.807, 2.05) is 50.2 Å². The summed E-state index contributed by atoms with van der Waals surface area (Å²) in [5.41, 5.74) is 4.34. The monoisotopic (exact) mass is 401 g/mol. The highest BCUT2D eigenvalue weighted by Gasteiger charge is 2.14. The molecular formula is C24H23N3O3. The van der Waals surface area contributed by atoms with Crippen LogP contribution >= 0.6 is 0 Å². The molecule has 6 heteroatoms. The number of carbonyl (C=O) groups excluding carboxylic acids is 1. The van der Waals surface area contributed by atoms with Crippen LogP contribution in [0.15, 0.2) is 60.2 Å². The molecule has 1 amide bonds. The molecule has 0 bridgehead atoms. The molecule has 1 heterocycles. The van der Waals surface area contributed by atoms with E-state index in [1.165, 1.54) is 0 Å². The number of rotatable bonds is 6. The third kappa shape index (κ3) is 4.36. The molecule has 0 aliphatic heterocycles. The Bertz CT molecular complexity index is 1120. The fourth-order valence-electron chi connectivity index (χ4n) is 3.24. The Kier molecular flexibility index (Phi) is 6.23. The number of anilines is 1. The molecule has 3 rings (SSSR count). The summed E-state index contributed by atoms with van der Waals surface area (Å²) in [6, 6.07) is 18.6. The third-order valence-corrected chi connectivity index (χ3v) is 4.81. The van der Waals surface area contributed by atoms with Crippen LogP contribution in [0.3, 0.4) is 0 Å². The Hall–Kier alpha value is -3.98. The molecule has 30 heavy (non-hydrogen) atoms. The molecule has 3 aromatic rings. The summed E-state index contributed by atoms with van der Waals surface area (Å²) < 4.78 is 12.4. The first-order valence-electron chi connectivity index (χ1n) is 9.37. The van der Waals surface area contributed by atoms with Gasteiger partial charge in [-0.3, -0.25) is 4.79 Å². The van der Waals surface area contributed by atoms with Crippen LogP contribution in [0.5, 0.6) is 11.5 Å². The standard InChI is InChI=1S/C24H23N3O3/c1-16-13-18(17(2)27(16)21-7-11-23(30-4)12-8-21)14-19(15-25)24(28)26-20-5-9-22(29-3)10-6-20/h5-14H,1-4H3,(H,26,28)/b19-14+. The number of carbonyl (C=O) groups is 1. The second kappa shape index (κ2) is 9.01. The molecule has 0 saturated carbocycles. The maximum absolute atomic E-state index is 12.6. The molecule has 1 N–H and O–H groups in total. The van der Waals surface area contributed by atoms with Crippen LogP contribution in [0.25, 0.3) is 11.8 Å². The Balaban J connectivity index is 1.88. The number of hydrogen-bond acceptors (Lipinski definition) is 4. The zero-order valence-corrected chi connectivity index (χ0v) is 17.4. The lowest BCUT2D eigenvalue weighted by Crippen LogP contribution is -2.13. The number of hydrogen-bond donors (Lipinski definition) is 1. The SMILES string of the molecule is COc1ccc(NC(=O)/C(C#N)=C/c2cc(C)n(-c3ccc(OC)cc3)c2C)cc1. The summed E-state index contributed by atoms with van der Waals surface area (Å²) in [5, 5.41) is 12.3. The molecule has 6 nitrogen and oxygen atoms in total. The van der Waals surface area contributed by atoms with Crippen LogP contribution in [0.4, 0.5) is 5.69 Å². The van der Waals surface area contributed by atoms with E-state index < -0.39 is 5.91 Å². The van der Waals surface area contributed by atoms with Gasteiger partial charge in [0.1, 0.15) is 23.1 Å². The van der Waals surface area contributed by atoms with E-state index in [-0.39, 0.29) is 5.57 Å². The Labute approximate surface area is 176 Å². The van der Waals surface area contributed by atoms with E-state index in [0.717, 1.165) is 28.4 Å². The van der Waals surface area contributed by atoms with Crippen molar-refractivity contribution in [2.24, 2.45) is 0 Å². The molecule has 0 radical (unpaired) electrons. The highest BCUT2D eigenvalue weighted by Crippen LogP contribution is 2.24. The number of methoxy groups -OCH3 is 2. The molecule has 0 saturated heterocycles. The van der Waals surface area contributed by atoms with Crippen molar-refractivity contribution in [2.45, 2.75) is 13.8 Å². The normalized spacial score (nSPS) is 11.0. The maximum atomic E-state index is 12.6. The summed E-state index contributed by atoms with van der Waals surface area (Å²) >= 11 is 0. The number of nitrogens with zero attached hydrogens (tertiary/aromatic N) is 2. The first-order chi connectivity index (χ1) is 14.5. The fourth-order valence-corrected chi connectivity index (χ4v) is 3.24. The van der Waals surface area contributed by atoms with Crippen molar-refractivity contribution in [3.05, 3.63) is 77.1 Å². The molecule has 1 aromatic heterocycles. The highest BCUT2D eigenvalue weighted by atomic mass is 16.5. The average Bonchev–Trinajstić information content (AvgIpc) is 3.05. The van der Waals surface area contributed by atoms with Gasteiger partial charge in [0.2, 0.25) is 0 Å². The molecular weight excluding hydrogens is 378 g/mol. The molecule has 0 unspecified atom stereocenters. The number of nitriles is 1. The zero-order chi connectivity index (χ0) is 21.7. The van der Waals surface area contributed by atoms with Gasteiger partial charge in [0.25, 0.3) is 5.91 Å². The number of ether oxygens (including phenoxy) is 2. The van der Waals surface area contributed by atoms with E-state index >= 15 is 0 Å². The fraction of sp³-hybridized carbons (Fsp3) is 0.167. The third-order valence-electron chi connectivity index (χ3n) is 4.81. The Morgan fingerprint density at radius 2 is 1.57 bits per heavy atom. The van der Waals surface area contributed by atoms with Gasteiger partial charge in [-0.1, -0.05) is 0 Å². The number of nitrogens with one attached hydrogen (secondary N) is 1. The predicted octanol–water partition coefficient (Wildman–Crippen LogP) is 4.66. The van der Waals surface area contributed by atoms with Gasteiger partial charge in [-0.2, -0.15) is 5.26 Å². The smallest absolute Gasteiger partial charge is 0.266 e. The zero-order valence-electron chi connectivity index (χ0n) is 17.4. The molecule has 0 fully saturated rings. The van der Waals surface area contributed by atoms with E-state index in [9.17, 15) is 10.1 Å². The number of aryl methyl sites for hydroxylation is 1. The van der Waals surface area contributed by atoms with Gasteiger partial charge >= 0.3 is 0 Å². The van der Waals surface area contributed by atoms with E-state index in [4.69, 9.17) is 9.47 Å². The van der Waals surface area contributed by atoms with Crippen molar-refractivity contribution < 1.29 is 14.3 Å². The highest BCUT2D eigenvalue weighted by molar-refractivity contribution is 6.09. The van der Waals surface area contributed by atoms with Crippen molar-refractivity contribution in [3.8, 4) is 23.3 Å². The summed E-state index contributed by atoms with van der Waals surface area (Å²) in [5.74, 6) is 1.01. The topological polar surface area (TPSA) is 76.3 Å². The van der Waals surface area contributed by atoms with Gasteiger partial charge in [0.15, 0.2) is 0 Å². The summed E-state index contributed by atoms with van der Waals surface area (Å²) in [6.07, 6.45) is 1.61. The van der Waals surface area contributed by atoms with Crippen LogP contribution in [-0.2, 0) is 4.79 Å². The first-order valence-corrected chi connectivity index (χ1v) is 9.37. The summed E-state index contributed by atoms with van der Waals surface area (Å²) in [4.78, 5) is 12.6. The van der Waals surface area contributed by atoms with Gasteiger partial charge in [-0.15, -0.1) is 0 Å². The molecule has 2 aromatic carbocycles. The number of benzene rings is 2. The van der Waals surface area contributed by atoms with Crippen molar-refractivity contribution in [1.82, 2.24) is 4.57 Å². The number of aromatic nitrogens is 1. The van der Waals surface area contributed by atoms with Crippen molar-refractivity contribution in [1.29, 1.82) is 5.26 Å². The van der Waals surface area contributed by atoms with Crippen molar-refractivity contribution in [2.75, 3.05) is 19.5 Å². The quantitative estimate of drug-likeness (QED) is 0.482. The van der Waals surface area contributed by atoms with Gasteiger partial charge in [0, 0.05) is 22.8 Å². The van der Waals surface area contributed by atoms with Gasteiger partial charge in [-0.25, -0.2) is 0 Å². The van der Waals surface area contributed by atoms with Crippen LogP contribution in [0, 0.1) is 25.2 Å². The van der Waals surface area contributed by atoms with E-state index in [2.05, 4.69) is 9.88 Å². The van der Waals surface area contributed by atoms with Gasteiger partial charge in [0.05, 0.1) is 14.2 Å². The minimum Gasteiger partial charge on any atom is -0.497 e. The largest absolute Gasteiger partial charge is 0.497 e. The van der Waals surface area contributed by atoms with Gasteiger partial charge in [-0.05, 0) is 80.1 Å². The predicted molar refractivity (Wildman–Crippen MR) is 117 cm³/mol. The minimum atomic E-state index is -0.461.